The second kappa shape index (κ2) is 3.62. The number of rotatable bonds is 2. The third kappa shape index (κ3) is 1.38. The summed E-state index contributed by atoms with van der Waals surface area (Å²) in [6.45, 7) is 0. The van der Waals surface area contributed by atoms with Gasteiger partial charge in [-0.15, -0.1) is 0 Å². The fourth-order valence-corrected chi connectivity index (χ4v) is 1.61. The van der Waals surface area contributed by atoms with Gasteiger partial charge in [-0.1, -0.05) is 12.1 Å². The van der Waals surface area contributed by atoms with Crippen molar-refractivity contribution in [2.24, 2.45) is 0 Å². The molecular formula is C11H9N5. The number of para-hydroxylation sites is 2. The van der Waals surface area contributed by atoms with E-state index in [2.05, 4.69) is 15.1 Å². The van der Waals surface area contributed by atoms with Crippen LogP contribution in [0.3, 0.4) is 0 Å². The molecule has 5 heteroatoms. The minimum Gasteiger partial charge on any atom is -0.304 e. The van der Waals surface area contributed by atoms with Crippen molar-refractivity contribution in [3.63, 3.8) is 0 Å². The Labute approximate surface area is 92.0 Å². The first-order valence-electron chi connectivity index (χ1n) is 4.87. The lowest BCUT2D eigenvalue weighted by atomic mass is 10.2. The van der Waals surface area contributed by atoms with Crippen LogP contribution in [0, 0.1) is 0 Å². The Hall–Kier alpha value is -2.43. The maximum Gasteiger partial charge on any atom is 0.138 e. The Balaban J connectivity index is 2.19. The molecule has 1 aromatic carbocycles. The lowest BCUT2D eigenvalue weighted by Gasteiger charge is -2.08. The summed E-state index contributed by atoms with van der Waals surface area (Å²) < 4.78 is 3.67. The van der Waals surface area contributed by atoms with Gasteiger partial charge in [0.25, 0.3) is 0 Å². The molecule has 5 nitrogen and oxygen atoms in total. The summed E-state index contributed by atoms with van der Waals surface area (Å²) in [5, 5.41) is 4.13. The SMILES string of the molecule is c1ccc(-n2cncn2)c(-n2ccnc2)c1. The van der Waals surface area contributed by atoms with E-state index in [0.29, 0.717) is 0 Å². The Morgan fingerprint density at radius 1 is 0.938 bits per heavy atom. The topological polar surface area (TPSA) is 48.5 Å². The first kappa shape index (κ1) is 8.84. The predicted octanol–water partition coefficient (Wildman–Crippen LogP) is 1.45. The van der Waals surface area contributed by atoms with E-state index in [9.17, 15) is 0 Å². The van der Waals surface area contributed by atoms with Crippen LogP contribution in [0.5, 0.6) is 0 Å². The number of imidazole rings is 1. The van der Waals surface area contributed by atoms with E-state index in [1.807, 2.05) is 35.0 Å². The summed E-state index contributed by atoms with van der Waals surface area (Å²) in [6.07, 6.45) is 8.60. The van der Waals surface area contributed by atoms with Crippen LogP contribution in [0.2, 0.25) is 0 Å². The minimum atomic E-state index is 0.970. The molecule has 2 aromatic heterocycles. The Morgan fingerprint density at radius 2 is 1.81 bits per heavy atom. The summed E-state index contributed by atoms with van der Waals surface area (Å²) in [5.41, 5.74) is 1.99. The minimum absolute atomic E-state index is 0.970. The fraction of sp³-hybridized carbons (Fsp3) is 0. The lowest BCUT2D eigenvalue weighted by Crippen LogP contribution is -2.01. The van der Waals surface area contributed by atoms with Gasteiger partial charge in [0.05, 0.1) is 17.7 Å². The molecule has 0 unspecified atom stereocenters. The highest BCUT2D eigenvalue weighted by molar-refractivity contribution is 5.51. The third-order valence-electron chi connectivity index (χ3n) is 2.33. The van der Waals surface area contributed by atoms with Crippen LogP contribution < -0.4 is 0 Å². The smallest absolute Gasteiger partial charge is 0.138 e. The molecule has 3 rings (SSSR count). The van der Waals surface area contributed by atoms with E-state index in [0.717, 1.165) is 11.4 Å². The first-order valence-corrected chi connectivity index (χ1v) is 4.87. The zero-order valence-electron chi connectivity index (χ0n) is 8.43. The summed E-state index contributed by atoms with van der Waals surface area (Å²) in [4.78, 5) is 7.99. The maximum absolute atomic E-state index is 4.13. The molecule has 0 amide bonds. The van der Waals surface area contributed by atoms with Gasteiger partial charge in [0.2, 0.25) is 0 Å². The fourth-order valence-electron chi connectivity index (χ4n) is 1.61. The van der Waals surface area contributed by atoms with Crippen molar-refractivity contribution in [2.45, 2.75) is 0 Å². The molecular weight excluding hydrogens is 202 g/mol. The molecule has 0 saturated heterocycles. The summed E-state index contributed by atoms with van der Waals surface area (Å²) in [5.74, 6) is 0. The molecule has 3 aromatic rings. The van der Waals surface area contributed by atoms with Crippen molar-refractivity contribution in [3.8, 4) is 11.4 Å². The third-order valence-corrected chi connectivity index (χ3v) is 2.33. The van der Waals surface area contributed by atoms with Crippen LogP contribution in [-0.2, 0) is 0 Å². The van der Waals surface area contributed by atoms with Gasteiger partial charge in [-0.05, 0) is 12.1 Å². The van der Waals surface area contributed by atoms with Gasteiger partial charge in [0.1, 0.15) is 12.7 Å². The predicted molar refractivity (Wildman–Crippen MR) is 58.5 cm³/mol. The van der Waals surface area contributed by atoms with Gasteiger partial charge < -0.3 is 4.57 Å². The maximum atomic E-state index is 4.13. The van der Waals surface area contributed by atoms with Crippen LogP contribution in [0.25, 0.3) is 11.4 Å². The standard InChI is InChI=1S/C11H9N5/c1-2-4-11(16-9-13-7-14-16)10(3-1)15-6-5-12-8-15/h1-9H. The van der Waals surface area contributed by atoms with E-state index in [-0.39, 0.29) is 0 Å². The monoisotopic (exact) mass is 211 g/mol. The number of hydrogen-bond acceptors (Lipinski definition) is 3. The van der Waals surface area contributed by atoms with E-state index in [1.54, 1.807) is 23.5 Å². The number of nitrogens with zero attached hydrogens (tertiary/aromatic N) is 5. The van der Waals surface area contributed by atoms with Gasteiger partial charge in [-0.25, -0.2) is 14.6 Å². The number of aromatic nitrogens is 5. The van der Waals surface area contributed by atoms with Gasteiger partial charge in [-0.2, -0.15) is 5.10 Å². The molecule has 2 heterocycles. The molecule has 0 radical (unpaired) electrons. The molecule has 0 N–H and O–H groups in total. The molecule has 0 fully saturated rings. The van der Waals surface area contributed by atoms with E-state index < -0.39 is 0 Å². The van der Waals surface area contributed by atoms with E-state index in [4.69, 9.17) is 0 Å². The normalized spacial score (nSPS) is 10.5. The van der Waals surface area contributed by atoms with Crippen molar-refractivity contribution in [3.05, 3.63) is 55.6 Å². The Bertz CT molecular complexity index is 515. The van der Waals surface area contributed by atoms with Crippen molar-refractivity contribution in [1.29, 1.82) is 0 Å². The second-order valence-corrected chi connectivity index (χ2v) is 3.30. The molecule has 0 saturated carbocycles. The van der Waals surface area contributed by atoms with Crippen molar-refractivity contribution in [1.82, 2.24) is 24.3 Å². The molecule has 0 bridgehead atoms. The largest absolute Gasteiger partial charge is 0.304 e. The van der Waals surface area contributed by atoms with E-state index >= 15 is 0 Å². The first-order chi connectivity index (χ1) is 7.95. The summed E-state index contributed by atoms with van der Waals surface area (Å²) in [6, 6.07) is 7.95. The van der Waals surface area contributed by atoms with Crippen LogP contribution in [0.15, 0.2) is 55.6 Å². The van der Waals surface area contributed by atoms with Gasteiger partial charge in [-0.3, -0.25) is 0 Å². The number of hydrogen-bond donors (Lipinski definition) is 0. The van der Waals surface area contributed by atoms with Crippen LogP contribution in [0.1, 0.15) is 0 Å². The van der Waals surface area contributed by atoms with Crippen molar-refractivity contribution in [2.75, 3.05) is 0 Å². The van der Waals surface area contributed by atoms with Gasteiger partial charge >= 0.3 is 0 Å². The van der Waals surface area contributed by atoms with Crippen molar-refractivity contribution < 1.29 is 0 Å². The summed E-state index contributed by atoms with van der Waals surface area (Å²) in [7, 11) is 0. The van der Waals surface area contributed by atoms with E-state index in [1.165, 1.54) is 6.33 Å². The quantitative estimate of drug-likeness (QED) is 0.644. The summed E-state index contributed by atoms with van der Waals surface area (Å²) >= 11 is 0. The molecule has 78 valence electrons. The lowest BCUT2D eigenvalue weighted by molar-refractivity contribution is 0.862. The average Bonchev–Trinajstić information content (AvgIpc) is 3.03. The highest BCUT2D eigenvalue weighted by Crippen LogP contribution is 2.16. The molecule has 0 atom stereocenters. The Morgan fingerprint density at radius 3 is 2.50 bits per heavy atom. The van der Waals surface area contributed by atoms with Crippen LogP contribution in [-0.4, -0.2) is 24.3 Å². The van der Waals surface area contributed by atoms with Gasteiger partial charge in [0.15, 0.2) is 0 Å². The highest BCUT2D eigenvalue weighted by atomic mass is 15.3. The van der Waals surface area contributed by atoms with Crippen LogP contribution in [0.4, 0.5) is 0 Å². The van der Waals surface area contributed by atoms with Crippen molar-refractivity contribution >= 4 is 0 Å². The zero-order chi connectivity index (χ0) is 10.8. The zero-order valence-corrected chi connectivity index (χ0v) is 8.43. The highest BCUT2D eigenvalue weighted by Gasteiger charge is 2.05. The van der Waals surface area contributed by atoms with Crippen LogP contribution >= 0.6 is 0 Å². The molecule has 0 aliphatic carbocycles. The Kier molecular flexibility index (Phi) is 2.00. The second-order valence-electron chi connectivity index (χ2n) is 3.30. The molecule has 0 aliphatic heterocycles. The molecule has 16 heavy (non-hydrogen) atoms. The average molecular weight is 211 g/mol. The molecule has 0 spiro atoms. The molecule has 0 aliphatic rings. The number of benzene rings is 1. The van der Waals surface area contributed by atoms with Gasteiger partial charge in [0, 0.05) is 12.4 Å².